The van der Waals surface area contributed by atoms with Gasteiger partial charge in [0.1, 0.15) is 0 Å². The van der Waals surface area contributed by atoms with Gasteiger partial charge in [-0.15, -0.1) is 0 Å². The normalized spacial score (nSPS) is 12.5. The van der Waals surface area contributed by atoms with E-state index in [9.17, 15) is 4.79 Å². The predicted molar refractivity (Wildman–Crippen MR) is 120 cm³/mol. The number of ether oxygens (including phenoxy) is 2. The molecule has 0 saturated heterocycles. The number of aromatic nitrogens is 1. The van der Waals surface area contributed by atoms with E-state index in [1.807, 2.05) is 25.1 Å². The molecule has 0 atom stereocenters. The first kappa shape index (κ1) is 20.2. The van der Waals surface area contributed by atoms with Gasteiger partial charge in [0.2, 0.25) is 12.7 Å². The number of carbonyl (C=O) groups excluding carboxylic acids is 1. The average Bonchev–Trinajstić information content (AvgIpc) is 3.28. The van der Waals surface area contributed by atoms with Gasteiger partial charge in [-0.05, 0) is 62.2 Å². The van der Waals surface area contributed by atoms with Gasteiger partial charge in [-0.3, -0.25) is 4.79 Å². The Morgan fingerprint density at radius 2 is 1.93 bits per heavy atom. The van der Waals surface area contributed by atoms with E-state index in [-0.39, 0.29) is 19.1 Å². The summed E-state index contributed by atoms with van der Waals surface area (Å²) in [6, 6.07) is 13.8. The number of rotatable bonds is 5. The molecule has 0 saturated carbocycles. The number of hydrogen-bond donors (Lipinski definition) is 1. The van der Waals surface area contributed by atoms with Crippen molar-refractivity contribution in [2.75, 3.05) is 6.79 Å². The lowest BCUT2D eigenvalue weighted by Crippen LogP contribution is -2.19. The second kappa shape index (κ2) is 8.36. The Labute approximate surface area is 183 Å². The summed E-state index contributed by atoms with van der Waals surface area (Å²) in [5.41, 5.74) is 8.81. The number of hydrogen-bond acceptors (Lipinski definition) is 4. The summed E-state index contributed by atoms with van der Waals surface area (Å²) in [4.78, 5) is 12.2. The number of aryl methyl sites for hydroxylation is 2. The topological polar surface area (TPSA) is 64.9 Å². The molecule has 154 valence electrons. The maximum atomic E-state index is 12.2. The van der Waals surface area contributed by atoms with E-state index >= 15 is 0 Å². The van der Waals surface area contributed by atoms with Crippen molar-refractivity contribution in [1.29, 1.82) is 0 Å². The molecule has 0 fully saturated rings. The van der Waals surface area contributed by atoms with Crippen molar-refractivity contribution < 1.29 is 14.3 Å². The van der Waals surface area contributed by atoms with Crippen molar-refractivity contribution in [2.45, 2.75) is 27.2 Å². The molecule has 0 spiro atoms. The number of carbonyl (C=O) groups is 1. The van der Waals surface area contributed by atoms with Gasteiger partial charge in [-0.1, -0.05) is 28.1 Å². The highest BCUT2D eigenvalue weighted by Crippen LogP contribution is 2.32. The molecule has 0 bridgehead atoms. The summed E-state index contributed by atoms with van der Waals surface area (Å²) in [7, 11) is 0. The summed E-state index contributed by atoms with van der Waals surface area (Å²) in [5, 5.41) is 4.15. The maximum absolute atomic E-state index is 12.2. The lowest BCUT2D eigenvalue weighted by molar-refractivity contribution is -0.120. The molecule has 4 rings (SSSR count). The lowest BCUT2D eigenvalue weighted by atomic mass is 10.1. The molecule has 1 N–H and O–H groups in total. The van der Waals surface area contributed by atoms with E-state index in [0.29, 0.717) is 11.5 Å². The zero-order valence-electron chi connectivity index (χ0n) is 17.0. The average molecular weight is 468 g/mol. The fraction of sp³-hybridized carbons (Fsp3) is 0.217. The van der Waals surface area contributed by atoms with Crippen LogP contribution in [-0.2, 0) is 11.2 Å². The van der Waals surface area contributed by atoms with E-state index in [4.69, 9.17) is 9.47 Å². The minimum atomic E-state index is -0.193. The Morgan fingerprint density at radius 1 is 1.13 bits per heavy atom. The zero-order chi connectivity index (χ0) is 21.3. The molecule has 0 aliphatic carbocycles. The fourth-order valence-corrected chi connectivity index (χ4v) is 3.85. The number of nitrogens with one attached hydrogen (secondary N) is 1. The van der Waals surface area contributed by atoms with Crippen molar-refractivity contribution >= 4 is 28.1 Å². The van der Waals surface area contributed by atoms with Crippen LogP contribution in [0.5, 0.6) is 11.5 Å². The van der Waals surface area contributed by atoms with Gasteiger partial charge in [0.05, 0.1) is 12.6 Å². The molecule has 30 heavy (non-hydrogen) atoms. The molecule has 6 nitrogen and oxygen atoms in total. The Hall–Kier alpha value is -3.06. The van der Waals surface area contributed by atoms with Gasteiger partial charge in [-0.2, -0.15) is 5.10 Å². The molecule has 1 aliphatic rings. The predicted octanol–water partition coefficient (Wildman–Crippen LogP) is 4.59. The fourth-order valence-electron chi connectivity index (χ4n) is 3.49. The van der Waals surface area contributed by atoms with E-state index in [2.05, 4.69) is 69.1 Å². The molecule has 3 aromatic rings. The highest BCUT2D eigenvalue weighted by Gasteiger charge is 2.14. The number of hydrazone groups is 1. The maximum Gasteiger partial charge on any atom is 0.244 e. The van der Waals surface area contributed by atoms with Crippen LogP contribution in [0, 0.1) is 20.8 Å². The first-order chi connectivity index (χ1) is 14.4. The minimum absolute atomic E-state index is 0.193. The molecule has 1 aliphatic heterocycles. The van der Waals surface area contributed by atoms with E-state index in [1.165, 1.54) is 5.56 Å². The van der Waals surface area contributed by atoms with Gasteiger partial charge in [0, 0.05) is 27.1 Å². The minimum Gasteiger partial charge on any atom is -0.454 e. The van der Waals surface area contributed by atoms with Gasteiger partial charge in [-0.25, -0.2) is 5.43 Å². The van der Waals surface area contributed by atoms with Crippen LogP contribution in [0.3, 0.4) is 0 Å². The number of nitrogens with zero attached hydrogens (tertiary/aromatic N) is 2. The van der Waals surface area contributed by atoms with Crippen molar-refractivity contribution in [3.63, 3.8) is 0 Å². The summed E-state index contributed by atoms with van der Waals surface area (Å²) >= 11 is 3.60. The molecule has 0 radical (unpaired) electrons. The lowest BCUT2D eigenvalue weighted by Gasteiger charge is -2.11. The van der Waals surface area contributed by atoms with Crippen LogP contribution in [0.15, 0.2) is 52.0 Å². The Kier molecular flexibility index (Phi) is 5.63. The third-order valence-corrected chi connectivity index (χ3v) is 5.93. The van der Waals surface area contributed by atoms with Crippen LogP contribution in [0.2, 0.25) is 0 Å². The molecule has 2 heterocycles. The highest BCUT2D eigenvalue weighted by atomic mass is 79.9. The Bertz CT molecular complexity index is 1150. The van der Waals surface area contributed by atoms with Crippen molar-refractivity contribution in [2.24, 2.45) is 5.10 Å². The number of fused-ring (bicyclic) bond motifs is 1. The highest BCUT2D eigenvalue weighted by molar-refractivity contribution is 9.10. The Morgan fingerprint density at radius 3 is 2.73 bits per heavy atom. The summed E-state index contributed by atoms with van der Waals surface area (Å²) < 4.78 is 13.9. The third kappa shape index (κ3) is 4.11. The molecule has 1 amide bonds. The van der Waals surface area contributed by atoms with Crippen molar-refractivity contribution in [1.82, 2.24) is 9.99 Å². The zero-order valence-corrected chi connectivity index (χ0v) is 18.6. The van der Waals surface area contributed by atoms with Gasteiger partial charge < -0.3 is 14.0 Å². The number of halogens is 1. The molecule has 2 aromatic carbocycles. The number of amides is 1. The monoisotopic (exact) mass is 467 g/mol. The van der Waals surface area contributed by atoms with Gasteiger partial charge >= 0.3 is 0 Å². The molecule has 1 aromatic heterocycles. The molecular weight excluding hydrogens is 446 g/mol. The molecular formula is C23H22BrN3O3. The summed E-state index contributed by atoms with van der Waals surface area (Å²) in [6.07, 6.45) is 1.89. The van der Waals surface area contributed by atoms with Gasteiger partial charge in [0.15, 0.2) is 11.5 Å². The first-order valence-corrected chi connectivity index (χ1v) is 10.4. The van der Waals surface area contributed by atoms with Crippen molar-refractivity contribution in [3.05, 3.63) is 75.0 Å². The Balaban J connectivity index is 1.44. The van der Waals surface area contributed by atoms with Crippen LogP contribution in [-0.4, -0.2) is 23.5 Å². The molecule has 0 unspecified atom stereocenters. The largest absolute Gasteiger partial charge is 0.454 e. The smallest absolute Gasteiger partial charge is 0.244 e. The number of benzene rings is 2. The van der Waals surface area contributed by atoms with Crippen LogP contribution in [0.4, 0.5) is 0 Å². The second-order valence-electron chi connectivity index (χ2n) is 7.25. The van der Waals surface area contributed by atoms with E-state index < -0.39 is 0 Å². The van der Waals surface area contributed by atoms with E-state index in [1.54, 1.807) is 6.21 Å². The molecule has 7 heteroatoms. The standard InChI is InChI=1S/C23H22BrN3O3/c1-14-4-6-19(11-20(14)24)27-15(2)8-18(16(27)3)12-25-26-23(28)10-17-5-7-21-22(9-17)30-13-29-21/h4-9,11-12H,10,13H2,1-3H3,(H,26,28)/b25-12-. The second-order valence-corrected chi connectivity index (χ2v) is 8.11. The van der Waals surface area contributed by atoms with Crippen molar-refractivity contribution in [3.8, 4) is 17.2 Å². The van der Waals surface area contributed by atoms with Gasteiger partial charge in [0.25, 0.3) is 0 Å². The summed E-state index contributed by atoms with van der Waals surface area (Å²) in [5.74, 6) is 1.17. The first-order valence-electron chi connectivity index (χ1n) is 9.58. The van der Waals surface area contributed by atoms with Crippen LogP contribution >= 0.6 is 15.9 Å². The van der Waals surface area contributed by atoms with E-state index in [0.717, 1.165) is 32.7 Å². The van der Waals surface area contributed by atoms with Crippen LogP contribution in [0.1, 0.15) is 28.1 Å². The third-order valence-electron chi connectivity index (χ3n) is 5.08. The van der Waals surface area contributed by atoms with Crippen LogP contribution in [0.25, 0.3) is 5.69 Å². The SMILES string of the molecule is Cc1ccc(-n2c(C)cc(/C=N\NC(=O)Cc3ccc4c(c3)OCO4)c2C)cc1Br. The quantitative estimate of drug-likeness (QED) is 0.440. The van der Waals surface area contributed by atoms with Crippen LogP contribution < -0.4 is 14.9 Å². The summed E-state index contributed by atoms with van der Waals surface area (Å²) in [6.45, 7) is 6.37.